The van der Waals surface area contributed by atoms with Crippen molar-refractivity contribution in [2.75, 3.05) is 33.9 Å². The Morgan fingerprint density at radius 2 is 2.14 bits per heavy atom. The molecule has 1 aromatic carbocycles. The summed E-state index contributed by atoms with van der Waals surface area (Å²) in [4.78, 5) is 2.08. The van der Waals surface area contributed by atoms with Gasteiger partial charge in [0.05, 0.1) is 18.3 Å². The summed E-state index contributed by atoms with van der Waals surface area (Å²) < 4.78 is 10.4. The summed E-state index contributed by atoms with van der Waals surface area (Å²) in [6, 6.07) is 7.74. The summed E-state index contributed by atoms with van der Waals surface area (Å²) >= 11 is 0. The van der Waals surface area contributed by atoms with Gasteiger partial charge in [0, 0.05) is 39.1 Å². The zero-order chi connectivity index (χ0) is 15.3. The summed E-state index contributed by atoms with van der Waals surface area (Å²) in [7, 11) is 3.53. The van der Waals surface area contributed by atoms with Crippen molar-refractivity contribution in [3.8, 4) is 11.8 Å². The Bertz CT molecular complexity index is 519. The second-order valence-corrected chi connectivity index (χ2v) is 5.66. The molecule has 0 aromatic heterocycles. The van der Waals surface area contributed by atoms with E-state index in [-0.39, 0.29) is 0 Å². The van der Waals surface area contributed by atoms with E-state index in [2.05, 4.69) is 11.0 Å². The largest absolute Gasteiger partial charge is 0.495 e. The van der Waals surface area contributed by atoms with Crippen LogP contribution in [0.1, 0.15) is 24.0 Å². The Kier molecular flexibility index (Phi) is 5.18. The molecule has 1 N–H and O–H groups in total. The first-order valence-electron chi connectivity index (χ1n) is 7.12. The molecule has 2 rings (SSSR count). The number of nitrogens with zero attached hydrogens (tertiary/aromatic N) is 2. The summed E-state index contributed by atoms with van der Waals surface area (Å²) in [6.07, 6.45) is 1.34. The second-order valence-electron chi connectivity index (χ2n) is 5.66. The van der Waals surface area contributed by atoms with Crippen LogP contribution in [0.25, 0.3) is 0 Å². The molecule has 1 aliphatic heterocycles. The van der Waals surface area contributed by atoms with Gasteiger partial charge in [-0.3, -0.25) is 4.90 Å². The van der Waals surface area contributed by atoms with Gasteiger partial charge in [0.25, 0.3) is 0 Å². The number of methoxy groups -OCH3 is 1. The Balaban J connectivity index is 1.99. The number of hydrogen-bond donors (Lipinski definition) is 1. The van der Waals surface area contributed by atoms with Gasteiger partial charge in [-0.1, -0.05) is 6.07 Å². The Hall–Kier alpha value is -1.61. The van der Waals surface area contributed by atoms with E-state index in [4.69, 9.17) is 14.7 Å². The molecule has 21 heavy (non-hydrogen) atoms. The smallest absolute Gasteiger partial charge is 0.136 e. The predicted molar refractivity (Wildman–Crippen MR) is 79.0 cm³/mol. The van der Waals surface area contributed by atoms with Crippen molar-refractivity contribution in [1.29, 1.82) is 5.26 Å². The van der Waals surface area contributed by atoms with Gasteiger partial charge in [-0.25, -0.2) is 0 Å². The number of likely N-dealkylation sites (N-methyl/N-ethyl adjacent to an activating group) is 1. The molecule has 1 heterocycles. The van der Waals surface area contributed by atoms with Gasteiger partial charge < -0.3 is 14.6 Å². The Labute approximate surface area is 125 Å². The highest BCUT2D eigenvalue weighted by atomic mass is 16.5. The minimum atomic E-state index is -0.669. The lowest BCUT2D eigenvalue weighted by Gasteiger charge is -2.35. The second kappa shape index (κ2) is 6.90. The third kappa shape index (κ3) is 4.18. The lowest BCUT2D eigenvalue weighted by Crippen LogP contribution is -2.45. The molecule has 0 bridgehead atoms. The van der Waals surface area contributed by atoms with Crippen LogP contribution in [-0.2, 0) is 11.3 Å². The van der Waals surface area contributed by atoms with E-state index in [0.717, 1.165) is 5.56 Å². The summed E-state index contributed by atoms with van der Waals surface area (Å²) in [5, 5.41) is 19.6. The fourth-order valence-corrected chi connectivity index (χ4v) is 2.72. The van der Waals surface area contributed by atoms with E-state index in [1.54, 1.807) is 7.11 Å². The van der Waals surface area contributed by atoms with Crippen LogP contribution in [0.2, 0.25) is 0 Å². The topological polar surface area (TPSA) is 65.7 Å². The van der Waals surface area contributed by atoms with Crippen molar-refractivity contribution in [3.63, 3.8) is 0 Å². The zero-order valence-corrected chi connectivity index (χ0v) is 12.6. The molecule has 5 nitrogen and oxygen atoms in total. The van der Waals surface area contributed by atoms with Gasteiger partial charge in [0.15, 0.2) is 0 Å². The summed E-state index contributed by atoms with van der Waals surface area (Å²) in [5.41, 5.74) is 0.899. The van der Waals surface area contributed by atoms with E-state index in [1.165, 1.54) is 0 Å². The first-order valence-corrected chi connectivity index (χ1v) is 7.12. The number of benzene rings is 1. The van der Waals surface area contributed by atoms with Crippen LogP contribution < -0.4 is 4.74 Å². The van der Waals surface area contributed by atoms with Crippen molar-refractivity contribution < 1.29 is 14.6 Å². The van der Waals surface area contributed by atoms with Gasteiger partial charge >= 0.3 is 0 Å². The summed E-state index contributed by atoms with van der Waals surface area (Å²) in [6.45, 7) is 2.52. The van der Waals surface area contributed by atoms with Crippen molar-refractivity contribution in [3.05, 3.63) is 29.3 Å². The molecule has 0 saturated carbocycles. The summed E-state index contributed by atoms with van der Waals surface area (Å²) in [5.74, 6) is 0.590. The van der Waals surface area contributed by atoms with Crippen LogP contribution in [0.4, 0.5) is 0 Å². The fourth-order valence-electron chi connectivity index (χ4n) is 2.72. The van der Waals surface area contributed by atoms with Crippen molar-refractivity contribution in [2.24, 2.45) is 0 Å². The fraction of sp³-hybridized carbons (Fsp3) is 0.562. The highest BCUT2D eigenvalue weighted by molar-refractivity contribution is 5.45. The molecule has 1 fully saturated rings. The van der Waals surface area contributed by atoms with Crippen molar-refractivity contribution in [1.82, 2.24) is 4.90 Å². The van der Waals surface area contributed by atoms with E-state index in [9.17, 15) is 5.11 Å². The molecule has 1 aromatic rings. The number of hydrogen-bond acceptors (Lipinski definition) is 5. The molecule has 1 aliphatic rings. The predicted octanol–water partition coefficient (Wildman–Crippen LogP) is 1.54. The maximum Gasteiger partial charge on any atom is 0.136 e. The SMILES string of the molecule is COc1ccc(CN(C)CC2(O)CCOCC2)cc1C#N. The van der Waals surface area contributed by atoms with Crippen molar-refractivity contribution in [2.45, 2.75) is 25.0 Å². The van der Waals surface area contributed by atoms with Gasteiger partial charge in [-0.15, -0.1) is 0 Å². The molecule has 114 valence electrons. The minimum absolute atomic E-state index is 0.535. The standard InChI is InChI=1S/C16H22N2O3/c1-18(12-16(19)5-7-21-8-6-16)11-13-3-4-15(20-2)14(9-13)10-17/h3-4,9,19H,5-8,11-12H2,1-2H3. The maximum atomic E-state index is 10.5. The first-order chi connectivity index (χ1) is 10.1. The lowest BCUT2D eigenvalue weighted by molar-refractivity contribution is -0.0777. The zero-order valence-electron chi connectivity index (χ0n) is 12.6. The maximum absolute atomic E-state index is 10.5. The third-order valence-corrected chi connectivity index (χ3v) is 3.82. The number of rotatable bonds is 5. The number of ether oxygens (including phenoxy) is 2. The molecular formula is C16H22N2O3. The molecule has 1 saturated heterocycles. The van der Waals surface area contributed by atoms with E-state index < -0.39 is 5.60 Å². The monoisotopic (exact) mass is 290 g/mol. The van der Waals surface area contributed by atoms with Crippen LogP contribution in [0.15, 0.2) is 18.2 Å². The highest BCUT2D eigenvalue weighted by Gasteiger charge is 2.30. The van der Waals surface area contributed by atoms with Crippen LogP contribution in [0.3, 0.4) is 0 Å². The third-order valence-electron chi connectivity index (χ3n) is 3.82. The van der Waals surface area contributed by atoms with E-state index >= 15 is 0 Å². The molecule has 5 heteroatoms. The number of aliphatic hydroxyl groups is 1. The Morgan fingerprint density at radius 3 is 2.76 bits per heavy atom. The van der Waals surface area contributed by atoms with Gasteiger partial charge in [-0.05, 0) is 24.7 Å². The molecule has 0 aliphatic carbocycles. The normalized spacial score (nSPS) is 17.5. The van der Waals surface area contributed by atoms with Gasteiger partial charge in [0.2, 0.25) is 0 Å². The first kappa shape index (κ1) is 15.8. The van der Waals surface area contributed by atoms with Gasteiger partial charge in [-0.2, -0.15) is 5.26 Å². The van der Waals surface area contributed by atoms with E-state index in [0.29, 0.717) is 50.5 Å². The molecule has 0 radical (unpaired) electrons. The van der Waals surface area contributed by atoms with Crippen molar-refractivity contribution >= 4 is 0 Å². The quantitative estimate of drug-likeness (QED) is 0.891. The van der Waals surface area contributed by atoms with Gasteiger partial charge in [0.1, 0.15) is 11.8 Å². The Morgan fingerprint density at radius 1 is 1.43 bits per heavy atom. The minimum Gasteiger partial charge on any atom is -0.495 e. The molecular weight excluding hydrogens is 268 g/mol. The average Bonchev–Trinajstić information content (AvgIpc) is 2.47. The molecule has 0 spiro atoms. The number of nitriles is 1. The van der Waals surface area contributed by atoms with Crippen LogP contribution >= 0.6 is 0 Å². The van der Waals surface area contributed by atoms with Crippen LogP contribution in [0.5, 0.6) is 5.75 Å². The van der Waals surface area contributed by atoms with Crippen LogP contribution in [-0.4, -0.2) is 49.5 Å². The molecule has 0 unspecified atom stereocenters. The molecule has 0 amide bonds. The highest BCUT2D eigenvalue weighted by Crippen LogP contribution is 2.23. The lowest BCUT2D eigenvalue weighted by atomic mass is 9.94. The molecule has 0 atom stereocenters. The van der Waals surface area contributed by atoms with Crippen LogP contribution in [0, 0.1) is 11.3 Å². The van der Waals surface area contributed by atoms with E-state index in [1.807, 2.05) is 25.2 Å². The average molecular weight is 290 g/mol.